The zero-order chi connectivity index (χ0) is 22.2. The zero-order valence-electron chi connectivity index (χ0n) is 18.6. The number of halogens is 1. The summed E-state index contributed by atoms with van der Waals surface area (Å²) in [5.74, 6) is -0.666. The highest BCUT2D eigenvalue weighted by atomic mass is 19.1. The van der Waals surface area contributed by atoms with Crippen LogP contribution in [0.2, 0.25) is 0 Å². The first-order valence-corrected chi connectivity index (χ1v) is 11.3. The fourth-order valence-corrected chi connectivity index (χ4v) is 4.11. The van der Waals surface area contributed by atoms with E-state index >= 15 is 0 Å². The number of nitrogens with zero attached hydrogens (tertiary/aromatic N) is 1. The van der Waals surface area contributed by atoms with Crippen molar-refractivity contribution in [2.75, 3.05) is 0 Å². The second-order valence-electron chi connectivity index (χ2n) is 8.62. The Balaban J connectivity index is 1.71. The second kappa shape index (κ2) is 11.1. The van der Waals surface area contributed by atoms with Crippen LogP contribution in [0.3, 0.4) is 0 Å². The molecule has 4 nitrogen and oxygen atoms in total. The molecule has 5 heteroatoms. The van der Waals surface area contributed by atoms with Crippen molar-refractivity contribution in [3.8, 4) is 0 Å². The summed E-state index contributed by atoms with van der Waals surface area (Å²) < 4.78 is 14.3. The number of carbonyl (C=O) groups excluding carboxylic acids is 2. The number of hydrogen-bond donors (Lipinski definition) is 1. The van der Waals surface area contributed by atoms with Crippen LogP contribution in [0.15, 0.2) is 48.5 Å². The molecule has 1 saturated carbocycles. The summed E-state index contributed by atoms with van der Waals surface area (Å²) in [6, 6.07) is 14.0. The van der Waals surface area contributed by atoms with Gasteiger partial charge in [-0.15, -0.1) is 0 Å². The van der Waals surface area contributed by atoms with Crippen LogP contribution in [0.4, 0.5) is 4.39 Å². The van der Waals surface area contributed by atoms with Crippen LogP contribution >= 0.6 is 0 Å². The van der Waals surface area contributed by atoms with E-state index in [0.717, 1.165) is 31.2 Å². The minimum Gasteiger partial charge on any atom is -0.352 e. The molecule has 1 fully saturated rings. The molecule has 2 amide bonds. The van der Waals surface area contributed by atoms with E-state index in [4.69, 9.17) is 0 Å². The predicted octanol–water partition coefficient (Wildman–Crippen LogP) is 4.93. The molecule has 0 aromatic heterocycles. The van der Waals surface area contributed by atoms with Crippen LogP contribution in [-0.4, -0.2) is 28.8 Å². The summed E-state index contributed by atoms with van der Waals surface area (Å²) in [5, 5.41) is 3.11. The van der Waals surface area contributed by atoms with Crippen molar-refractivity contribution in [2.24, 2.45) is 0 Å². The molecule has 0 bridgehead atoms. The molecule has 1 aliphatic rings. The molecular weight excluding hydrogens is 391 g/mol. The van der Waals surface area contributed by atoms with E-state index in [1.807, 2.05) is 31.2 Å². The fourth-order valence-electron chi connectivity index (χ4n) is 4.11. The first kappa shape index (κ1) is 23.0. The van der Waals surface area contributed by atoms with Crippen LogP contribution in [0.5, 0.6) is 0 Å². The molecule has 1 aliphatic carbocycles. The number of amides is 2. The fraction of sp³-hybridized carbons (Fsp3) is 0.462. The largest absolute Gasteiger partial charge is 0.352 e. The summed E-state index contributed by atoms with van der Waals surface area (Å²) in [4.78, 5) is 27.6. The molecule has 166 valence electrons. The first-order valence-electron chi connectivity index (χ1n) is 11.3. The van der Waals surface area contributed by atoms with Gasteiger partial charge in [-0.3, -0.25) is 9.59 Å². The molecular formula is C26H33FN2O2. The summed E-state index contributed by atoms with van der Waals surface area (Å²) in [7, 11) is 0. The lowest BCUT2D eigenvalue weighted by Crippen LogP contribution is -2.50. The Hall–Kier alpha value is -2.69. The van der Waals surface area contributed by atoms with Gasteiger partial charge < -0.3 is 10.2 Å². The Morgan fingerprint density at radius 1 is 1.06 bits per heavy atom. The average Bonchev–Trinajstić information content (AvgIpc) is 2.78. The Morgan fingerprint density at radius 2 is 1.74 bits per heavy atom. The molecule has 1 atom stereocenters. The van der Waals surface area contributed by atoms with Gasteiger partial charge in [-0.1, -0.05) is 67.3 Å². The third kappa shape index (κ3) is 6.65. The molecule has 0 saturated heterocycles. The smallest absolute Gasteiger partial charge is 0.242 e. The SMILES string of the molecule is Cc1ccc(CCC(=O)N(Cc2ccccc2F)[C@@H](C)C(=O)NC2CCCCC2)cc1. The Labute approximate surface area is 184 Å². The van der Waals surface area contributed by atoms with Crippen molar-refractivity contribution in [2.45, 2.75) is 77.4 Å². The molecule has 2 aromatic carbocycles. The minimum atomic E-state index is -0.660. The van der Waals surface area contributed by atoms with Gasteiger partial charge in [0, 0.05) is 24.6 Å². The van der Waals surface area contributed by atoms with Crippen molar-refractivity contribution < 1.29 is 14.0 Å². The number of benzene rings is 2. The maximum Gasteiger partial charge on any atom is 0.242 e. The Kier molecular flexibility index (Phi) is 8.21. The average molecular weight is 425 g/mol. The van der Waals surface area contributed by atoms with Crippen molar-refractivity contribution >= 4 is 11.8 Å². The standard InChI is InChI=1S/C26H33FN2O2/c1-19-12-14-21(15-13-19)16-17-25(30)29(18-22-8-6-7-11-24(22)27)20(2)26(31)28-23-9-4-3-5-10-23/h6-8,11-15,20,23H,3-5,9-10,16-18H2,1-2H3,(H,28,31)/t20-/m0/s1. The number of hydrogen-bond acceptors (Lipinski definition) is 2. The van der Waals surface area contributed by atoms with E-state index < -0.39 is 6.04 Å². The second-order valence-corrected chi connectivity index (χ2v) is 8.62. The van der Waals surface area contributed by atoms with E-state index in [-0.39, 0.29) is 36.6 Å². The van der Waals surface area contributed by atoms with Crippen molar-refractivity contribution in [1.29, 1.82) is 0 Å². The van der Waals surface area contributed by atoms with Gasteiger partial charge in [0.25, 0.3) is 0 Å². The number of rotatable bonds is 8. The maximum absolute atomic E-state index is 14.3. The highest BCUT2D eigenvalue weighted by Gasteiger charge is 2.28. The maximum atomic E-state index is 14.3. The van der Waals surface area contributed by atoms with Crippen LogP contribution < -0.4 is 5.32 Å². The predicted molar refractivity (Wildman–Crippen MR) is 121 cm³/mol. The molecule has 0 radical (unpaired) electrons. The summed E-state index contributed by atoms with van der Waals surface area (Å²) in [6.45, 7) is 3.85. The van der Waals surface area contributed by atoms with Gasteiger partial charge in [0.15, 0.2) is 0 Å². The van der Waals surface area contributed by atoms with Gasteiger partial charge in [0.1, 0.15) is 11.9 Å². The number of nitrogens with one attached hydrogen (secondary N) is 1. The molecule has 0 aliphatic heterocycles. The van der Waals surface area contributed by atoms with Gasteiger partial charge in [0.2, 0.25) is 11.8 Å². The topological polar surface area (TPSA) is 49.4 Å². The third-order valence-electron chi connectivity index (χ3n) is 6.17. The molecule has 0 spiro atoms. The van der Waals surface area contributed by atoms with Crippen molar-refractivity contribution in [3.05, 3.63) is 71.0 Å². The van der Waals surface area contributed by atoms with Gasteiger partial charge in [-0.2, -0.15) is 0 Å². The number of carbonyl (C=O) groups is 2. The Bertz CT molecular complexity index is 875. The van der Waals surface area contributed by atoms with Crippen LogP contribution in [0.1, 0.15) is 62.1 Å². The van der Waals surface area contributed by atoms with Crippen molar-refractivity contribution in [1.82, 2.24) is 10.2 Å². The lowest BCUT2D eigenvalue weighted by Gasteiger charge is -2.31. The summed E-state index contributed by atoms with van der Waals surface area (Å²) in [6.07, 6.45) is 6.27. The normalized spacial score (nSPS) is 15.3. The van der Waals surface area contributed by atoms with Gasteiger partial charge in [-0.25, -0.2) is 4.39 Å². The lowest BCUT2D eigenvalue weighted by atomic mass is 9.95. The molecule has 3 rings (SSSR count). The molecule has 31 heavy (non-hydrogen) atoms. The summed E-state index contributed by atoms with van der Waals surface area (Å²) >= 11 is 0. The van der Waals surface area contributed by atoms with Crippen LogP contribution in [0, 0.1) is 12.7 Å². The zero-order valence-corrected chi connectivity index (χ0v) is 18.6. The van der Waals surface area contributed by atoms with E-state index in [2.05, 4.69) is 5.32 Å². The molecule has 0 heterocycles. The Morgan fingerprint density at radius 3 is 2.42 bits per heavy atom. The van der Waals surface area contributed by atoms with E-state index in [9.17, 15) is 14.0 Å². The molecule has 0 unspecified atom stereocenters. The highest BCUT2D eigenvalue weighted by Crippen LogP contribution is 2.19. The summed E-state index contributed by atoms with van der Waals surface area (Å²) in [5.41, 5.74) is 2.66. The van der Waals surface area contributed by atoms with E-state index in [1.165, 1.54) is 23.0 Å². The van der Waals surface area contributed by atoms with E-state index in [0.29, 0.717) is 12.0 Å². The van der Waals surface area contributed by atoms with Crippen LogP contribution in [-0.2, 0) is 22.6 Å². The highest BCUT2D eigenvalue weighted by molar-refractivity contribution is 5.87. The van der Waals surface area contributed by atoms with E-state index in [1.54, 1.807) is 25.1 Å². The monoisotopic (exact) mass is 424 g/mol. The lowest BCUT2D eigenvalue weighted by molar-refractivity contribution is -0.141. The third-order valence-corrected chi connectivity index (χ3v) is 6.17. The van der Waals surface area contributed by atoms with Gasteiger partial charge >= 0.3 is 0 Å². The van der Waals surface area contributed by atoms with Gasteiger partial charge in [0.05, 0.1) is 0 Å². The minimum absolute atomic E-state index is 0.0820. The first-order chi connectivity index (χ1) is 14.9. The van der Waals surface area contributed by atoms with Gasteiger partial charge in [-0.05, 0) is 44.7 Å². The molecule has 1 N–H and O–H groups in total. The molecule has 2 aromatic rings. The quantitative estimate of drug-likeness (QED) is 0.653. The van der Waals surface area contributed by atoms with Crippen molar-refractivity contribution in [3.63, 3.8) is 0 Å². The number of aryl methyl sites for hydroxylation is 2. The van der Waals surface area contributed by atoms with Crippen LogP contribution in [0.25, 0.3) is 0 Å².